The van der Waals surface area contributed by atoms with Crippen LogP contribution in [-0.4, -0.2) is 22.4 Å². The minimum Gasteiger partial charge on any atom is -0.393 e. The Bertz CT molecular complexity index is 470. The van der Waals surface area contributed by atoms with E-state index in [9.17, 15) is 10.2 Å². The molecule has 4 rings (SSSR count). The lowest BCUT2D eigenvalue weighted by Crippen LogP contribution is -2.51. The summed E-state index contributed by atoms with van der Waals surface area (Å²) in [6.07, 6.45) is 11.2. The Morgan fingerprint density at radius 3 is 2.62 bits per heavy atom. The highest BCUT2D eigenvalue weighted by molar-refractivity contribution is 5.25. The highest BCUT2D eigenvalue weighted by Gasteiger charge is 2.58. The molecule has 0 radical (unpaired) electrons. The molecule has 0 aromatic heterocycles. The molecule has 3 fully saturated rings. The zero-order valence-electron chi connectivity index (χ0n) is 13.5. The fourth-order valence-corrected chi connectivity index (χ4v) is 6.61. The molecule has 0 amide bonds. The molecule has 2 heteroatoms. The predicted molar refractivity (Wildman–Crippen MR) is 83.7 cm³/mol. The Morgan fingerprint density at radius 2 is 1.81 bits per heavy atom. The van der Waals surface area contributed by atoms with E-state index in [1.165, 1.54) is 25.7 Å². The van der Waals surface area contributed by atoms with Crippen LogP contribution in [0.5, 0.6) is 0 Å². The summed E-state index contributed by atoms with van der Waals surface area (Å²) in [7, 11) is 0. The van der Waals surface area contributed by atoms with Crippen molar-refractivity contribution in [2.24, 2.45) is 28.6 Å². The number of allylic oxidation sites excluding steroid dienone is 1. The summed E-state index contributed by atoms with van der Waals surface area (Å²) in [4.78, 5) is 0. The van der Waals surface area contributed by atoms with Crippen molar-refractivity contribution in [3.05, 3.63) is 11.6 Å². The van der Waals surface area contributed by atoms with Crippen LogP contribution in [-0.2, 0) is 0 Å². The van der Waals surface area contributed by atoms with Gasteiger partial charge in [-0.15, -0.1) is 0 Å². The fourth-order valence-electron chi connectivity index (χ4n) is 6.61. The SMILES string of the molecule is C[C@@]12CC[C@@H]3[C@H](CC=C4C[C@@H](O)CC[C@@]43C)[C@H]1CC[C@H]2O. The van der Waals surface area contributed by atoms with Crippen LogP contribution in [0, 0.1) is 28.6 Å². The van der Waals surface area contributed by atoms with Crippen molar-refractivity contribution in [1.82, 2.24) is 0 Å². The average molecular weight is 290 g/mol. The normalized spacial score (nSPS) is 56.2. The van der Waals surface area contributed by atoms with Gasteiger partial charge in [-0.05, 0) is 80.0 Å². The first kappa shape index (κ1) is 14.3. The summed E-state index contributed by atoms with van der Waals surface area (Å²) in [5.41, 5.74) is 2.05. The summed E-state index contributed by atoms with van der Waals surface area (Å²) < 4.78 is 0. The van der Waals surface area contributed by atoms with Gasteiger partial charge in [-0.3, -0.25) is 0 Å². The maximum atomic E-state index is 10.5. The molecule has 0 spiro atoms. The Balaban J connectivity index is 1.68. The first-order valence-electron chi connectivity index (χ1n) is 9.01. The molecule has 0 aliphatic heterocycles. The Labute approximate surface area is 128 Å². The molecule has 0 aromatic rings. The second-order valence-electron chi connectivity index (χ2n) is 8.79. The van der Waals surface area contributed by atoms with Gasteiger partial charge in [0.25, 0.3) is 0 Å². The summed E-state index contributed by atoms with van der Waals surface area (Å²) in [5, 5.41) is 20.5. The highest BCUT2D eigenvalue weighted by Crippen LogP contribution is 2.64. The molecular formula is C19H30O2. The Kier molecular flexibility index (Phi) is 3.11. The molecule has 0 bridgehead atoms. The van der Waals surface area contributed by atoms with E-state index < -0.39 is 0 Å². The second kappa shape index (κ2) is 4.58. The summed E-state index contributed by atoms with van der Waals surface area (Å²) in [6, 6.07) is 0. The molecule has 0 aromatic carbocycles. The molecule has 0 unspecified atom stereocenters. The van der Waals surface area contributed by atoms with E-state index in [1.54, 1.807) is 5.57 Å². The third-order valence-electron chi connectivity index (χ3n) is 8.03. The van der Waals surface area contributed by atoms with Gasteiger partial charge >= 0.3 is 0 Å². The minimum absolute atomic E-state index is 0.0742. The molecule has 7 atom stereocenters. The van der Waals surface area contributed by atoms with E-state index in [2.05, 4.69) is 19.9 Å². The highest BCUT2D eigenvalue weighted by atomic mass is 16.3. The van der Waals surface area contributed by atoms with Crippen molar-refractivity contribution in [2.75, 3.05) is 0 Å². The summed E-state index contributed by atoms with van der Waals surface area (Å²) in [6.45, 7) is 4.81. The number of fused-ring (bicyclic) bond motifs is 5. The van der Waals surface area contributed by atoms with Crippen LogP contribution in [0.2, 0.25) is 0 Å². The minimum atomic E-state index is -0.108. The van der Waals surface area contributed by atoms with Gasteiger partial charge in [0.15, 0.2) is 0 Å². The molecule has 3 saturated carbocycles. The van der Waals surface area contributed by atoms with Gasteiger partial charge in [0, 0.05) is 0 Å². The van der Waals surface area contributed by atoms with Crippen molar-refractivity contribution < 1.29 is 10.2 Å². The molecule has 0 saturated heterocycles. The Hall–Kier alpha value is -0.340. The van der Waals surface area contributed by atoms with Gasteiger partial charge in [-0.25, -0.2) is 0 Å². The monoisotopic (exact) mass is 290 g/mol. The first-order chi connectivity index (χ1) is 9.95. The third-order valence-corrected chi connectivity index (χ3v) is 8.03. The van der Waals surface area contributed by atoms with Crippen LogP contribution in [0.3, 0.4) is 0 Å². The van der Waals surface area contributed by atoms with E-state index in [1.807, 2.05) is 0 Å². The van der Waals surface area contributed by atoms with E-state index in [0.29, 0.717) is 11.3 Å². The van der Waals surface area contributed by atoms with Crippen LogP contribution in [0.25, 0.3) is 0 Å². The quantitative estimate of drug-likeness (QED) is 0.668. The lowest BCUT2D eigenvalue weighted by molar-refractivity contribution is -0.0711. The molecule has 2 nitrogen and oxygen atoms in total. The van der Waals surface area contributed by atoms with Crippen LogP contribution >= 0.6 is 0 Å². The summed E-state index contributed by atoms with van der Waals surface area (Å²) >= 11 is 0. The van der Waals surface area contributed by atoms with E-state index in [4.69, 9.17) is 0 Å². The lowest BCUT2D eigenvalue weighted by atomic mass is 9.48. The van der Waals surface area contributed by atoms with Crippen LogP contribution in [0.4, 0.5) is 0 Å². The third kappa shape index (κ3) is 1.84. The van der Waals surface area contributed by atoms with Gasteiger partial charge in [0.05, 0.1) is 12.2 Å². The zero-order chi connectivity index (χ0) is 14.8. The maximum absolute atomic E-state index is 10.5. The molecule has 118 valence electrons. The smallest absolute Gasteiger partial charge is 0.0596 e. The second-order valence-corrected chi connectivity index (χ2v) is 8.79. The van der Waals surface area contributed by atoms with Crippen molar-refractivity contribution in [1.29, 1.82) is 0 Å². The lowest BCUT2D eigenvalue weighted by Gasteiger charge is -2.57. The van der Waals surface area contributed by atoms with Crippen LogP contribution in [0.1, 0.15) is 65.2 Å². The maximum Gasteiger partial charge on any atom is 0.0596 e. The molecule has 4 aliphatic carbocycles. The topological polar surface area (TPSA) is 40.5 Å². The van der Waals surface area contributed by atoms with Gasteiger partial charge in [-0.2, -0.15) is 0 Å². The number of aliphatic hydroxyl groups is 2. The van der Waals surface area contributed by atoms with Crippen LogP contribution < -0.4 is 0 Å². The van der Waals surface area contributed by atoms with E-state index in [-0.39, 0.29) is 17.6 Å². The standard InChI is InChI=1S/C19H30O2/c1-18-9-7-13(20)11-12(18)3-4-14-15-5-6-17(21)19(15,2)10-8-16(14)18/h3,13-17,20-21H,4-11H2,1-2H3/t13-,14+,15+,16+,17+,18-,19+/m0/s1. The van der Waals surface area contributed by atoms with Crippen molar-refractivity contribution in [3.63, 3.8) is 0 Å². The van der Waals surface area contributed by atoms with Crippen molar-refractivity contribution in [3.8, 4) is 0 Å². The zero-order valence-corrected chi connectivity index (χ0v) is 13.5. The molecule has 2 N–H and O–H groups in total. The number of hydrogen-bond donors (Lipinski definition) is 2. The molecular weight excluding hydrogens is 260 g/mol. The Morgan fingerprint density at radius 1 is 1.00 bits per heavy atom. The number of rotatable bonds is 0. The predicted octanol–water partition coefficient (Wildman–Crippen LogP) is 3.67. The molecule has 4 aliphatic rings. The number of aliphatic hydroxyl groups excluding tert-OH is 2. The number of hydrogen-bond acceptors (Lipinski definition) is 2. The molecule has 21 heavy (non-hydrogen) atoms. The van der Waals surface area contributed by atoms with Gasteiger partial charge in [0.1, 0.15) is 0 Å². The van der Waals surface area contributed by atoms with Gasteiger partial charge in [0.2, 0.25) is 0 Å². The van der Waals surface area contributed by atoms with E-state index in [0.717, 1.165) is 37.5 Å². The fraction of sp³-hybridized carbons (Fsp3) is 0.895. The van der Waals surface area contributed by atoms with Gasteiger partial charge in [-0.1, -0.05) is 25.5 Å². The summed E-state index contributed by atoms with van der Waals surface area (Å²) in [5.74, 6) is 2.27. The first-order valence-corrected chi connectivity index (χ1v) is 9.01. The van der Waals surface area contributed by atoms with Crippen molar-refractivity contribution in [2.45, 2.75) is 77.4 Å². The largest absolute Gasteiger partial charge is 0.393 e. The van der Waals surface area contributed by atoms with Crippen molar-refractivity contribution >= 4 is 0 Å². The molecule has 0 heterocycles. The van der Waals surface area contributed by atoms with E-state index >= 15 is 0 Å². The average Bonchev–Trinajstić information content (AvgIpc) is 2.76. The van der Waals surface area contributed by atoms with Gasteiger partial charge < -0.3 is 10.2 Å². The van der Waals surface area contributed by atoms with Crippen LogP contribution in [0.15, 0.2) is 11.6 Å².